The van der Waals surface area contributed by atoms with Gasteiger partial charge in [-0.2, -0.15) is 11.8 Å². The van der Waals surface area contributed by atoms with Crippen molar-refractivity contribution >= 4 is 41.7 Å². The third-order valence-electron chi connectivity index (χ3n) is 4.71. The molecule has 0 amide bonds. The minimum Gasteiger partial charge on any atom is -0.379 e. The van der Waals surface area contributed by atoms with Gasteiger partial charge in [-0.05, 0) is 25.5 Å². The first-order chi connectivity index (χ1) is 11.3. The van der Waals surface area contributed by atoms with Gasteiger partial charge in [0.25, 0.3) is 0 Å². The van der Waals surface area contributed by atoms with E-state index in [0.29, 0.717) is 0 Å². The summed E-state index contributed by atoms with van der Waals surface area (Å²) < 4.78 is 5.54. The first-order valence-corrected chi connectivity index (χ1v) is 10.4. The molecular weight excluding hydrogens is 435 g/mol. The van der Waals surface area contributed by atoms with Crippen LogP contribution >= 0.6 is 35.7 Å². The zero-order chi connectivity index (χ0) is 16.4. The molecule has 2 rings (SSSR count). The summed E-state index contributed by atoms with van der Waals surface area (Å²) in [5, 5.41) is 6.88. The van der Waals surface area contributed by atoms with Crippen LogP contribution in [0.5, 0.6) is 0 Å². The van der Waals surface area contributed by atoms with Gasteiger partial charge in [0.1, 0.15) is 0 Å². The van der Waals surface area contributed by atoms with Crippen molar-refractivity contribution in [3.8, 4) is 0 Å². The Labute approximate surface area is 169 Å². The molecule has 5 nitrogen and oxygen atoms in total. The van der Waals surface area contributed by atoms with Crippen LogP contribution in [0.3, 0.4) is 0 Å². The highest BCUT2D eigenvalue weighted by Crippen LogP contribution is 2.34. The van der Waals surface area contributed by atoms with E-state index in [1.807, 2.05) is 0 Å². The lowest BCUT2D eigenvalue weighted by molar-refractivity contribution is -0.0104. The van der Waals surface area contributed by atoms with Gasteiger partial charge in [-0.15, -0.1) is 24.0 Å². The van der Waals surface area contributed by atoms with Crippen molar-refractivity contribution in [2.75, 3.05) is 57.4 Å². The number of hydrogen-bond acceptors (Lipinski definition) is 4. The molecule has 2 saturated heterocycles. The molecule has 24 heavy (non-hydrogen) atoms. The second-order valence-electron chi connectivity index (χ2n) is 6.46. The van der Waals surface area contributed by atoms with Crippen molar-refractivity contribution in [3.63, 3.8) is 0 Å². The molecule has 0 bridgehead atoms. The SMILES string of the molecule is CCCCCNC(=NCC1(N2CCOCC2)CCSC1)NCC.I. The Morgan fingerprint density at radius 3 is 2.62 bits per heavy atom. The number of guanidine groups is 1. The van der Waals surface area contributed by atoms with E-state index in [1.54, 1.807) is 0 Å². The molecule has 2 fully saturated rings. The van der Waals surface area contributed by atoms with Crippen LogP contribution in [0.25, 0.3) is 0 Å². The summed E-state index contributed by atoms with van der Waals surface area (Å²) in [5.41, 5.74) is 0.236. The lowest BCUT2D eigenvalue weighted by atomic mass is 9.96. The summed E-state index contributed by atoms with van der Waals surface area (Å²) >= 11 is 2.07. The quantitative estimate of drug-likeness (QED) is 0.247. The maximum atomic E-state index is 5.54. The van der Waals surface area contributed by atoms with E-state index in [1.165, 1.54) is 37.2 Å². The van der Waals surface area contributed by atoms with Gasteiger partial charge in [0.05, 0.1) is 25.3 Å². The van der Waals surface area contributed by atoms with E-state index in [0.717, 1.165) is 51.9 Å². The molecule has 7 heteroatoms. The van der Waals surface area contributed by atoms with Gasteiger partial charge >= 0.3 is 0 Å². The third-order valence-corrected chi connectivity index (χ3v) is 5.95. The molecular formula is C17H35IN4OS. The molecule has 1 atom stereocenters. The molecule has 0 saturated carbocycles. The molecule has 2 aliphatic rings. The normalized spacial score (nSPS) is 25.3. The number of ether oxygens (including phenoxy) is 1. The minimum absolute atomic E-state index is 0. The molecule has 0 spiro atoms. The number of morpholine rings is 1. The van der Waals surface area contributed by atoms with Gasteiger partial charge in [-0.1, -0.05) is 19.8 Å². The van der Waals surface area contributed by atoms with Gasteiger partial charge in [0.15, 0.2) is 5.96 Å². The Morgan fingerprint density at radius 2 is 2.00 bits per heavy atom. The second-order valence-corrected chi connectivity index (χ2v) is 7.56. The van der Waals surface area contributed by atoms with Crippen molar-refractivity contribution in [3.05, 3.63) is 0 Å². The van der Waals surface area contributed by atoms with Gasteiger partial charge < -0.3 is 15.4 Å². The molecule has 0 radical (unpaired) electrons. The summed E-state index contributed by atoms with van der Waals surface area (Å²) in [6.07, 6.45) is 5.00. The van der Waals surface area contributed by atoms with Gasteiger partial charge in [0, 0.05) is 31.9 Å². The highest BCUT2D eigenvalue weighted by Gasteiger charge is 2.40. The number of aliphatic imine (C=N–C) groups is 1. The van der Waals surface area contributed by atoms with E-state index in [9.17, 15) is 0 Å². The molecule has 2 aliphatic heterocycles. The topological polar surface area (TPSA) is 48.9 Å². The molecule has 142 valence electrons. The number of halogens is 1. The van der Waals surface area contributed by atoms with Crippen LogP contribution in [-0.4, -0.2) is 73.8 Å². The van der Waals surface area contributed by atoms with Crippen LogP contribution in [-0.2, 0) is 4.74 Å². The minimum atomic E-state index is 0. The first-order valence-electron chi connectivity index (χ1n) is 9.23. The monoisotopic (exact) mass is 470 g/mol. The molecule has 0 aromatic carbocycles. The Balaban J connectivity index is 0.00000288. The Hall–Kier alpha value is 0.270. The van der Waals surface area contributed by atoms with Crippen LogP contribution in [0.15, 0.2) is 4.99 Å². The van der Waals surface area contributed by atoms with Gasteiger partial charge in [-0.3, -0.25) is 9.89 Å². The number of nitrogens with zero attached hydrogens (tertiary/aromatic N) is 2. The van der Waals surface area contributed by atoms with Crippen molar-refractivity contribution in [1.29, 1.82) is 0 Å². The predicted molar refractivity (Wildman–Crippen MR) is 116 cm³/mol. The highest BCUT2D eigenvalue weighted by molar-refractivity contribution is 14.0. The molecule has 2 heterocycles. The number of unbranched alkanes of at least 4 members (excludes halogenated alkanes) is 2. The number of thioether (sulfide) groups is 1. The standard InChI is InChI=1S/C17H34N4OS.HI/c1-3-5-6-8-19-16(18-4-2)20-14-17(7-13-23-15-17)21-9-11-22-12-10-21;/h3-15H2,1-2H3,(H2,18,19,20);1H. The highest BCUT2D eigenvalue weighted by atomic mass is 127. The fraction of sp³-hybridized carbons (Fsp3) is 0.941. The van der Waals surface area contributed by atoms with Crippen LogP contribution in [0.2, 0.25) is 0 Å². The Bertz CT molecular complexity index is 358. The Morgan fingerprint density at radius 1 is 1.21 bits per heavy atom. The molecule has 0 aromatic heterocycles. The summed E-state index contributed by atoms with van der Waals surface area (Å²) in [6.45, 7) is 11.0. The number of hydrogen-bond donors (Lipinski definition) is 2. The fourth-order valence-electron chi connectivity index (χ4n) is 3.26. The Kier molecular flexibility index (Phi) is 11.7. The van der Waals surface area contributed by atoms with E-state index in [4.69, 9.17) is 9.73 Å². The van der Waals surface area contributed by atoms with Crippen molar-refractivity contribution in [2.45, 2.75) is 45.1 Å². The van der Waals surface area contributed by atoms with Gasteiger partial charge in [-0.25, -0.2) is 0 Å². The predicted octanol–water partition coefficient (Wildman–Crippen LogP) is 2.56. The van der Waals surface area contributed by atoms with Crippen molar-refractivity contribution in [1.82, 2.24) is 15.5 Å². The second kappa shape index (κ2) is 12.6. The maximum Gasteiger partial charge on any atom is 0.191 e. The summed E-state index contributed by atoms with van der Waals surface area (Å²) in [4.78, 5) is 7.56. The van der Waals surface area contributed by atoms with Crippen LogP contribution in [0.4, 0.5) is 0 Å². The van der Waals surface area contributed by atoms with Crippen molar-refractivity contribution < 1.29 is 4.74 Å². The zero-order valence-corrected chi connectivity index (χ0v) is 18.5. The average Bonchev–Trinajstić information content (AvgIpc) is 3.07. The number of nitrogens with one attached hydrogen (secondary N) is 2. The lowest BCUT2D eigenvalue weighted by Gasteiger charge is -2.42. The summed E-state index contributed by atoms with van der Waals surface area (Å²) in [5.74, 6) is 3.44. The zero-order valence-electron chi connectivity index (χ0n) is 15.3. The number of rotatable bonds is 8. The third kappa shape index (κ3) is 6.88. The summed E-state index contributed by atoms with van der Waals surface area (Å²) in [7, 11) is 0. The van der Waals surface area contributed by atoms with E-state index >= 15 is 0 Å². The first kappa shape index (κ1) is 22.3. The molecule has 0 aromatic rings. The molecule has 1 unspecified atom stereocenters. The van der Waals surface area contributed by atoms with E-state index in [2.05, 4.69) is 41.1 Å². The lowest BCUT2D eigenvalue weighted by Crippen LogP contribution is -2.56. The largest absolute Gasteiger partial charge is 0.379 e. The van der Waals surface area contributed by atoms with E-state index < -0.39 is 0 Å². The molecule has 0 aliphatic carbocycles. The van der Waals surface area contributed by atoms with Gasteiger partial charge in [0.2, 0.25) is 0 Å². The fourth-order valence-corrected chi connectivity index (χ4v) is 4.72. The summed E-state index contributed by atoms with van der Waals surface area (Å²) in [6, 6.07) is 0. The van der Waals surface area contributed by atoms with Crippen LogP contribution in [0, 0.1) is 0 Å². The van der Waals surface area contributed by atoms with Crippen LogP contribution < -0.4 is 10.6 Å². The van der Waals surface area contributed by atoms with Crippen LogP contribution in [0.1, 0.15) is 39.5 Å². The average molecular weight is 470 g/mol. The smallest absolute Gasteiger partial charge is 0.191 e. The van der Waals surface area contributed by atoms with E-state index in [-0.39, 0.29) is 29.5 Å². The molecule has 2 N–H and O–H groups in total. The maximum absolute atomic E-state index is 5.54. The van der Waals surface area contributed by atoms with Crippen molar-refractivity contribution in [2.24, 2.45) is 4.99 Å².